The average Bonchev–Trinajstić information content (AvgIpc) is 3.10. The molecule has 2 aromatic rings. The summed E-state index contributed by atoms with van der Waals surface area (Å²) in [5.41, 5.74) is 2.13. The van der Waals surface area contributed by atoms with Crippen LogP contribution in [-0.4, -0.2) is 49.1 Å². The van der Waals surface area contributed by atoms with Gasteiger partial charge in [-0.15, -0.1) is 0 Å². The SMILES string of the molecule is CCCN1Cc2cccc(C(=O)Nc3ccc(S(=O)(=O)N4CCCCC4)cc3)c2C1=O. The number of piperidine rings is 1. The number of nitrogens with zero attached hydrogens (tertiary/aromatic N) is 2. The van der Waals surface area contributed by atoms with Gasteiger partial charge in [-0.05, 0) is 55.2 Å². The topological polar surface area (TPSA) is 86.8 Å². The first-order valence-corrected chi connectivity index (χ1v) is 12.2. The van der Waals surface area contributed by atoms with Crippen molar-refractivity contribution in [3.05, 3.63) is 59.2 Å². The van der Waals surface area contributed by atoms with Crippen LogP contribution in [0.25, 0.3) is 0 Å². The molecule has 2 aliphatic rings. The number of hydrogen-bond acceptors (Lipinski definition) is 4. The van der Waals surface area contributed by atoms with E-state index in [4.69, 9.17) is 0 Å². The zero-order valence-electron chi connectivity index (χ0n) is 17.6. The largest absolute Gasteiger partial charge is 0.334 e. The van der Waals surface area contributed by atoms with E-state index in [1.807, 2.05) is 13.0 Å². The molecule has 0 aromatic heterocycles. The van der Waals surface area contributed by atoms with Crippen molar-refractivity contribution in [2.45, 2.75) is 44.0 Å². The summed E-state index contributed by atoms with van der Waals surface area (Å²) in [6.07, 6.45) is 3.67. The molecule has 2 aliphatic heterocycles. The molecule has 1 N–H and O–H groups in total. The number of fused-ring (bicyclic) bond motifs is 1. The molecule has 4 rings (SSSR count). The summed E-state index contributed by atoms with van der Waals surface area (Å²) in [5.74, 6) is -0.499. The third kappa shape index (κ3) is 4.22. The molecule has 0 aliphatic carbocycles. The molecular weight excluding hydrogens is 414 g/mol. The Morgan fingerprint density at radius 3 is 2.42 bits per heavy atom. The molecule has 1 saturated heterocycles. The highest BCUT2D eigenvalue weighted by Crippen LogP contribution is 2.27. The van der Waals surface area contributed by atoms with Gasteiger partial charge < -0.3 is 10.2 Å². The number of carbonyl (C=O) groups is 2. The molecule has 8 heteroatoms. The predicted molar refractivity (Wildman–Crippen MR) is 118 cm³/mol. The fourth-order valence-corrected chi connectivity index (χ4v) is 5.74. The van der Waals surface area contributed by atoms with Gasteiger partial charge in [-0.1, -0.05) is 25.5 Å². The summed E-state index contributed by atoms with van der Waals surface area (Å²) >= 11 is 0. The maximum atomic E-state index is 12.9. The third-order valence-electron chi connectivity index (χ3n) is 5.82. The number of anilines is 1. The lowest BCUT2D eigenvalue weighted by Gasteiger charge is -2.25. The van der Waals surface area contributed by atoms with Gasteiger partial charge in [-0.3, -0.25) is 9.59 Å². The van der Waals surface area contributed by atoms with Gasteiger partial charge in [0.05, 0.1) is 16.0 Å². The van der Waals surface area contributed by atoms with Crippen LogP contribution in [0.2, 0.25) is 0 Å². The van der Waals surface area contributed by atoms with Gasteiger partial charge >= 0.3 is 0 Å². The molecule has 0 bridgehead atoms. The number of sulfonamides is 1. The maximum absolute atomic E-state index is 12.9. The summed E-state index contributed by atoms with van der Waals surface area (Å²) in [4.78, 5) is 27.6. The van der Waals surface area contributed by atoms with Crippen molar-refractivity contribution < 1.29 is 18.0 Å². The molecule has 164 valence electrons. The fraction of sp³-hybridized carbons (Fsp3) is 0.391. The average molecular weight is 442 g/mol. The maximum Gasteiger partial charge on any atom is 0.256 e. The first kappa shape index (κ1) is 21.5. The smallest absolute Gasteiger partial charge is 0.256 e. The van der Waals surface area contributed by atoms with Crippen molar-refractivity contribution in [3.8, 4) is 0 Å². The zero-order valence-corrected chi connectivity index (χ0v) is 18.5. The molecule has 31 heavy (non-hydrogen) atoms. The number of amides is 2. The molecule has 2 amide bonds. The van der Waals surface area contributed by atoms with Crippen LogP contribution < -0.4 is 5.32 Å². The van der Waals surface area contributed by atoms with E-state index in [2.05, 4.69) is 5.32 Å². The normalized spacial score (nSPS) is 16.9. The first-order chi connectivity index (χ1) is 14.9. The minimum Gasteiger partial charge on any atom is -0.334 e. The van der Waals surface area contributed by atoms with E-state index in [1.165, 1.54) is 16.4 Å². The number of rotatable bonds is 6. The van der Waals surface area contributed by atoms with Gasteiger partial charge in [0.2, 0.25) is 10.0 Å². The van der Waals surface area contributed by atoms with Gasteiger partial charge in [0, 0.05) is 31.9 Å². The molecule has 2 heterocycles. The Bertz CT molecular complexity index is 1090. The Labute approximate surface area is 183 Å². The Morgan fingerprint density at radius 1 is 1.03 bits per heavy atom. The molecule has 0 atom stereocenters. The van der Waals surface area contributed by atoms with Gasteiger partial charge in [-0.2, -0.15) is 4.31 Å². The predicted octanol–water partition coefficient (Wildman–Crippen LogP) is 3.48. The molecule has 1 fully saturated rings. The van der Waals surface area contributed by atoms with E-state index < -0.39 is 10.0 Å². The molecule has 0 spiro atoms. The first-order valence-electron chi connectivity index (χ1n) is 10.7. The number of carbonyl (C=O) groups excluding carboxylic acids is 2. The highest BCUT2D eigenvalue weighted by Gasteiger charge is 2.31. The van der Waals surface area contributed by atoms with Crippen LogP contribution in [0.3, 0.4) is 0 Å². The van der Waals surface area contributed by atoms with Crippen LogP contribution in [0.4, 0.5) is 5.69 Å². The summed E-state index contributed by atoms with van der Waals surface area (Å²) in [5, 5.41) is 2.80. The van der Waals surface area contributed by atoms with E-state index in [0.717, 1.165) is 31.2 Å². The second kappa shape index (κ2) is 8.80. The second-order valence-corrected chi connectivity index (χ2v) is 9.95. The van der Waals surface area contributed by atoms with Gasteiger partial charge in [0.15, 0.2) is 0 Å². The number of nitrogens with one attached hydrogen (secondary N) is 1. The molecule has 0 saturated carbocycles. The molecule has 2 aromatic carbocycles. The summed E-state index contributed by atoms with van der Waals surface area (Å²) in [6, 6.07) is 11.5. The lowest BCUT2D eigenvalue weighted by atomic mass is 10.0. The van der Waals surface area contributed by atoms with Crippen LogP contribution in [-0.2, 0) is 16.6 Å². The van der Waals surface area contributed by atoms with Crippen LogP contribution >= 0.6 is 0 Å². The minimum atomic E-state index is -3.52. The summed E-state index contributed by atoms with van der Waals surface area (Å²) < 4.78 is 27.1. The fourth-order valence-electron chi connectivity index (χ4n) is 4.22. The van der Waals surface area contributed by atoms with Crippen molar-refractivity contribution in [2.75, 3.05) is 25.0 Å². The highest BCUT2D eigenvalue weighted by atomic mass is 32.2. The third-order valence-corrected chi connectivity index (χ3v) is 7.73. The Balaban J connectivity index is 1.51. The van der Waals surface area contributed by atoms with Crippen LogP contribution in [0, 0.1) is 0 Å². The summed E-state index contributed by atoms with van der Waals surface area (Å²) in [6.45, 7) is 4.28. The van der Waals surface area contributed by atoms with Gasteiger partial charge in [-0.25, -0.2) is 8.42 Å². The van der Waals surface area contributed by atoms with Crippen LogP contribution in [0.5, 0.6) is 0 Å². The van der Waals surface area contributed by atoms with Gasteiger partial charge in [0.1, 0.15) is 0 Å². The standard InChI is InChI=1S/C23H27N3O4S/c1-2-13-25-16-17-7-6-8-20(21(17)23(25)28)22(27)24-18-9-11-19(12-10-18)31(29,30)26-14-4-3-5-15-26/h6-12H,2-5,13-16H2,1H3,(H,24,27). The lowest BCUT2D eigenvalue weighted by molar-refractivity contribution is 0.0774. The van der Waals surface area contributed by atoms with E-state index in [9.17, 15) is 18.0 Å². The van der Waals surface area contributed by atoms with Gasteiger partial charge in [0.25, 0.3) is 11.8 Å². The highest BCUT2D eigenvalue weighted by molar-refractivity contribution is 7.89. The Morgan fingerprint density at radius 2 is 1.74 bits per heavy atom. The second-order valence-electron chi connectivity index (χ2n) is 8.01. The Hall–Kier alpha value is -2.71. The van der Waals surface area contributed by atoms with Crippen molar-refractivity contribution in [3.63, 3.8) is 0 Å². The molecule has 7 nitrogen and oxygen atoms in total. The number of benzene rings is 2. The Kier molecular flexibility index (Phi) is 6.11. The molecular formula is C23H27N3O4S. The van der Waals surface area contributed by atoms with Crippen molar-refractivity contribution >= 4 is 27.5 Å². The number of hydrogen-bond donors (Lipinski definition) is 1. The van der Waals surface area contributed by atoms with Crippen molar-refractivity contribution in [1.82, 2.24) is 9.21 Å². The molecule has 0 unspecified atom stereocenters. The van der Waals surface area contributed by atoms with E-state index in [0.29, 0.717) is 43.0 Å². The van der Waals surface area contributed by atoms with E-state index >= 15 is 0 Å². The van der Waals surface area contributed by atoms with Crippen molar-refractivity contribution in [1.29, 1.82) is 0 Å². The quantitative estimate of drug-likeness (QED) is 0.744. The van der Waals surface area contributed by atoms with Crippen LogP contribution in [0.15, 0.2) is 47.4 Å². The lowest BCUT2D eigenvalue weighted by Crippen LogP contribution is -2.35. The molecule has 0 radical (unpaired) electrons. The minimum absolute atomic E-state index is 0.120. The van der Waals surface area contributed by atoms with Crippen molar-refractivity contribution in [2.24, 2.45) is 0 Å². The zero-order chi connectivity index (χ0) is 22.0. The van der Waals surface area contributed by atoms with E-state index in [1.54, 1.807) is 29.2 Å². The monoisotopic (exact) mass is 441 g/mol. The van der Waals surface area contributed by atoms with E-state index in [-0.39, 0.29) is 16.7 Å². The summed E-state index contributed by atoms with van der Waals surface area (Å²) in [7, 11) is -3.52. The van der Waals surface area contributed by atoms with Crippen LogP contribution in [0.1, 0.15) is 58.9 Å².